The van der Waals surface area contributed by atoms with Crippen LogP contribution in [0.25, 0.3) is 0 Å². The highest BCUT2D eigenvalue weighted by molar-refractivity contribution is 5.90. The first-order chi connectivity index (χ1) is 7.25. The molecular formula is C12H16N2O. The summed E-state index contributed by atoms with van der Waals surface area (Å²) in [5.74, 6) is 0. The molecule has 2 N–H and O–H groups in total. The molecule has 0 spiro atoms. The largest absolute Gasteiger partial charge is 0.335 e. The molecule has 80 valence electrons. The number of anilines is 1. The van der Waals surface area contributed by atoms with Gasteiger partial charge in [-0.1, -0.05) is 18.2 Å². The maximum atomic E-state index is 11.5. The summed E-state index contributed by atoms with van der Waals surface area (Å²) in [6.45, 7) is 1.99. The van der Waals surface area contributed by atoms with Gasteiger partial charge < -0.3 is 10.6 Å². The maximum absolute atomic E-state index is 11.5. The number of nitrogens with one attached hydrogen (secondary N) is 2. The highest BCUT2D eigenvalue weighted by atomic mass is 16.2. The molecule has 0 saturated heterocycles. The van der Waals surface area contributed by atoms with Crippen molar-refractivity contribution in [2.75, 3.05) is 5.32 Å². The summed E-state index contributed by atoms with van der Waals surface area (Å²) in [4.78, 5) is 11.5. The van der Waals surface area contributed by atoms with Crippen LogP contribution < -0.4 is 10.6 Å². The topological polar surface area (TPSA) is 41.1 Å². The molecule has 1 aliphatic carbocycles. The van der Waals surface area contributed by atoms with Gasteiger partial charge in [0, 0.05) is 11.7 Å². The number of benzene rings is 1. The Balaban J connectivity index is 1.90. The van der Waals surface area contributed by atoms with Crippen LogP contribution in [0.2, 0.25) is 0 Å². The number of amides is 2. The van der Waals surface area contributed by atoms with E-state index in [1.807, 2.05) is 31.2 Å². The molecule has 2 amide bonds. The van der Waals surface area contributed by atoms with Crippen molar-refractivity contribution >= 4 is 11.7 Å². The van der Waals surface area contributed by atoms with Crippen molar-refractivity contribution in [2.24, 2.45) is 0 Å². The van der Waals surface area contributed by atoms with Crippen LogP contribution in [0.15, 0.2) is 24.3 Å². The Hall–Kier alpha value is -1.51. The molecule has 0 bridgehead atoms. The van der Waals surface area contributed by atoms with Crippen molar-refractivity contribution in [3.63, 3.8) is 0 Å². The Kier molecular flexibility index (Phi) is 2.90. The molecule has 0 radical (unpaired) electrons. The first kappa shape index (κ1) is 10.0. The number of hydrogen-bond acceptors (Lipinski definition) is 1. The van der Waals surface area contributed by atoms with Gasteiger partial charge in [-0.15, -0.1) is 0 Å². The molecule has 0 atom stereocenters. The van der Waals surface area contributed by atoms with Crippen LogP contribution in [-0.4, -0.2) is 12.1 Å². The fraction of sp³-hybridized carbons (Fsp3) is 0.417. The summed E-state index contributed by atoms with van der Waals surface area (Å²) >= 11 is 0. The van der Waals surface area contributed by atoms with E-state index in [4.69, 9.17) is 0 Å². The zero-order chi connectivity index (χ0) is 10.7. The number of aryl methyl sites for hydroxylation is 1. The van der Waals surface area contributed by atoms with Gasteiger partial charge in [0.2, 0.25) is 0 Å². The molecule has 0 unspecified atom stereocenters. The Morgan fingerprint density at radius 1 is 1.33 bits per heavy atom. The molecule has 0 aromatic heterocycles. The SMILES string of the molecule is Cc1ccccc1NC(=O)NC1CCC1. The maximum Gasteiger partial charge on any atom is 0.319 e. The summed E-state index contributed by atoms with van der Waals surface area (Å²) < 4.78 is 0. The molecule has 2 rings (SSSR count). The third-order valence-corrected chi connectivity index (χ3v) is 2.83. The molecule has 1 saturated carbocycles. The molecular weight excluding hydrogens is 188 g/mol. The Morgan fingerprint density at radius 3 is 2.67 bits per heavy atom. The number of para-hydroxylation sites is 1. The first-order valence-corrected chi connectivity index (χ1v) is 5.39. The van der Waals surface area contributed by atoms with Gasteiger partial charge in [-0.2, -0.15) is 0 Å². The molecule has 1 aliphatic rings. The molecule has 1 aromatic carbocycles. The standard InChI is InChI=1S/C12H16N2O/c1-9-5-2-3-8-11(9)14-12(15)13-10-6-4-7-10/h2-3,5,8,10H,4,6-7H2,1H3,(H2,13,14,15). The summed E-state index contributed by atoms with van der Waals surface area (Å²) in [6, 6.07) is 8.08. The zero-order valence-electron chi connectivity index (χ0n) is 8.92. The minimum atomic E-state index is -0.0889. The van der Waals surface area contributed by atoms with E-state index in [2.05, 4.69) is 10.6 Å². The van der Waals surface area contributed by atoms with Gasteiger partial charge in [-0.3, -0.25) is 0 Å². The van der Waals surface area contributed by atoms with Crippen LogP contribution in [0, 0.1) is 6.92 Å². The van der Waals surface area contributed by atoms with E-state index in [1.54, 1.807) is 0 Å². The number of hydrogen-bond donors (Lipinski definition) is 2. The van der Waals surface area contributed by atoms with Gasteiger partial charge in [-0.25, -0.2) is 4.79 Å². The smallest absolute Gasteiger partial charge is 0.319 e. The molecule has 0 heterocycles. The monoisotopic (exact) mass is 204 g/mol. The Labute approximate surface area is 89.9 Å². The van der Waals surface area contributed by atoms with Gasteiger partial charge in [0.05, 0.1) is 0 Å². The minimum Gasteiger partial charge on any atom is -0.335 e. The van der Waals surface area contributed by atoms with Crippen molar-refractivity contribution in [3.8, 4) is 0 Å². The summed E-state index contributed by atoms with van der Waals surface area (Å²) in [5, 5.41) is 5.80. The number of carbonyl (C=O) groups excluding carboxylic acids is 1. The van der Waals surface area contributed by atoms with E-state index in [0.717, 1.165) is 24.1 Å². The second kappa shape index (κ2) is 4.34. The second-order valence-corrected chi connectivity index (χ2v) is 4.04. The lowest BCUT2D eigenvalue weighted by Crippen LogP contribution is -2.41. The van der Waals surface area contributed by atoms with E-state index in [1.165, 1.54) is 6.42 Å². The van der Waals surface area contributed by atoms with Gasteiger partial charge >= 0.3 is 6.03 Å². The Bertz CT molecular complexity index is 358. The van der Waals surface area contributed by atoms with E-state index < -0.39 is 0 Å². The molecule has 3 heteroatoms. The highest BCUT2D eigenvalue weighted by Crippen LogP contribution is 2.18. The van der Waals surface area contributed by atoms with Gasteiger partial charge in [0.1, 0.15) is 0 Å². The summed E-state index contributed by atoms with van der Waals surface area (Å²) in [5.41, 5.74) is 1.97. The molecule has 1 aromatic rings. The average molecular weight is 204 g/mol. The average Bonchev–Trinajstić information content (AvgIpc) is 2.16. The fourth-order valence-corrected chi connectivity index (χ4v) is 1.61. The molecule has 15 heavy (non-hydrogen) atoms. The first-order valence-electron chi connectivity index (χ1n) is 5.39. The van der Waals surface area contributed by atoms with Crippen LogP contribution in [0.1, 0.15) is 24.8 Å². The van der Waals surface area contributed by atoms with E-state index in [0.29, 0.717) is 6.04 Å². The van der Waals surface area contributed by atoms with Crippen LogP contribution in [0.3, 0.4) is 0 Å². The van der Waals surface area contributed by atoms with E-state index >= 15 is 0 Å². The van der Waals surface area contributed by atoms with Gasteiger partial charge in [0.15, 0.2) is 0 Å². The Morgan fingerprint density at radius 2 is 2.07 bits per heavy atom. The van der Waals surface area contributed by atoms with Crippen molar-refractivity contribution in [3.05, 3.63) is 29.8 Å². The van der Waals surface area contributed by atoms with E-state index in [-0.39, 0.29) is 6.03 Å². The lowest BCUT2D eigenvalue weighted by molar-refractivity contribution is 0.240. The quantitative estimate of drug-likeness (QED) is 0.764. The number of urea groups is 1. The van der Waals surface area contributed by atoms with Gasteiger partial charge in [-0.05, 0) is 37.8 Å². The normalized spacial score (nSPS) is 15.5. The van der Waals surface area contributed by atoms with Crippen molar-refractivity contribution in [1.82, 2.24) is 5.32 Å². The lowest BCUT2D eigenvalue weighted by atomic mass is 9.93. The molecule has 3 nitrogen and oxygen atoms in total. The second-order valence-electron chi connectivity index (χ2n) is 4.04. The summed E-state index contributed by atoms with van der Waals surface area (Å²) in [6.07, 6.45) is 3.46. The molecule has 0 aliphatic heterocycles. The van der Waals surface area contributed by atoms with Crippen LogP contribution in [-0.2, 0) is 0 Å². The number of rotatable bonds is 2. The van der Waals surface area contributed by atoms with Gasteiger partial charge in [0.25, 0.3) is 0 Å². The van der Waals surface area contributed by atoms with Crippen LogP contribution in [0.4, 0.5) is 10.5 Å². The third kappa shape index (κ3) is 2.49. The predicted octanol–water partition coefficient (Wildman–Crippen LogP) is 2.67. The number of carbonyl (C=O) groups is 1. The molecule has 1 fully saturated rings. The van der Waals surface area contributed by atoms with Crippen molar-refractivity contribution in [1.29, 1.82) is 0 Å². The third-order valence-electron chi connectivity index (χ3n) is 2.83. The van der Waals surface area contributed by atoms with Crippen LogP contribution >= 0.6 is 0 Å². The van der Waals surface area contributed by atoms with Crippen LogP contribution in [0.5, 0.6) is 0 Å². The van der Waals surface area contributed by atoms with Crippen molar-refractivity contribution < 1.29 is 4.79 Å². The minimum absolute atomic E-state index is 0.0889. The lowest BCUT2D eigenvalue weighted by Gasteiger charge is -2.26. The summed E-state index contributed by atoms with van der Waals surface area (Å²) in [7, 11) is 0. The van der Waals surface area contributed by atoms with Crippen molar-refractivity contribution in [2.45, 2.75) is 32.2 Å². The predicted molar refractivity (Wildman–Crippen MR) is 61.0 cm³/mol. The van der Waals surface area contributed by atoms with E-state index in [9.17, 15) is 4.79 Å². The fourth-order valence-electron chi connectivity index (χ4n) is 1.61. The highest BCUT2D eigenvalue weighted by Gasteiger charge is 2.19. The zero-order valence-corrected chi connectivity index (χ0v) is 8.92.